The maximum Gasteiger partial charge on any atom is 0.243 e. The topological polar surface area (TPSA) is 49.3 Å². The zero-order chi connectivity index (χ0) is 13.7. The quantitative estimate of drug-likeness (QED) is 0.660. The van der Waals surface area contributed by atoms with Crippen molar-refractivity contribution in [2.45, 2.75) is 57.6 Å². The fourth-order valence-electron chi connectivity index (χ4n) is 3.19. The molecule has 0 aromatic heterocycles. The van der Waals surface area contributed by atoms with Crippen LogP contribution in [0.15, 0.2) is 24.3 Å². The van der Waals surface area contributed by atoms with E-state index in [1.165, 1.54) is 12.5 Å². The van der Waals surface area contributed by atoms with E-state index in [9.17, 15) is 9.90 Å². The van der Waals surface area contributed by atoms with Gasteiger partial charge in [-0.25, -0.2) is 0 Å². The van der Waals surface area contributed by atoms with Crippen molar-refractivity contribution in [1.29, 1.82) is 0 Å². The molecule has 0 spiro atoms. The zero-order valence-corrected chi connectivity index (χ0v) is 11.7. The molecular formula is C16H25NO2. The van der Waals surface area contributed by atoms with E-state index in [1.807, 2.05) is 6.92 Å². The largest absolute Gasteiger partial charge is 0.389 e. The molecule has 1 aliphatic heterocycles. The van der Waals surface area contributed by atoms with Crippen LogP contribution in [0.2, 0.25) is 0 Å². The number of nitrogens with one attached hydrogen (secondary N) is 1. The first-order valence-corrected chi connectivity index (χ1v) is 7.50. The molecule has 1 fully saturated rings. The Morgan fingerprint density at radius 1 is 1.21 bits per heavy atom. The fourth-order valence-corrected chi connectivity index (χ4v) is 3.19. The standard InChI is InChI=1S/C16H25NO2/c1-12-6-3-2-4-7-13-8-5-9-14(13)15(18)10-11-16(19)17-12/h4,7,10-15,18H,2-3,5-6,8-9H2,1H3,(H,17,19)/b7-4+,11-10+/t12-,13+,14+,15+/m0/s1. The number of aliphatic hydroxyl groups is 1. The van der Waals surface area contributed by atoms with E-state index in [2.05, 4.69) is 17.5 Å². The molecule has 0 bridgehead atoms. The van der Waals surface area contributed by atoms with Crippen molar-refractivity contribution in [1.82, 2.24) is 5.32 Å². The van der Waals surface area contributed by atoms with Crippen LogP contribution in [-0.2, 0) is 4.79 Å². The van der Waals surface area contributed by atoms with E-state index in [1.54, 1.807) is 6.08 Å². The highest BCUT2D eigenvalue weighted by Gasteiger charge is 2.29. The molecule has 1 aliphatic carbocycles. The number of hydrogen-bond donors (Lipinski definition) is 2. The molecule has 1 amide bonds. The molecule has 2 aliphatic rings. The van der Waals surface area contributed by atoms with E-state index < -0.39 is 6.10 Å². The Hall–Kier alpha value is -1.09. The second kappa shape index (κ2) is 6.90. The number of carbonyl (C=O) groups is 1. The first kappa shape index (κ1) is 14.3. The summed E-state index contributed by atoms with van der Waals surface area (Å²) in [5.41, 5.74) is 0. The van der Waals surface area contributed by atoms with Crippen LogP contribution >= 0.6 is 0 Å². The summed E-state index contributed by atoms with van der Waals surface area (Å²) in [5, 5.41) is 13.2. The van der Waals surface area contributed by atoms with Gasteiger partial charge in [-0.3, -0.25) is 4.79 Å². The van der Waals surface area contributed by atoms with Gasteiger partial charge in [0.2, 0.25) is 5.91 Å². The molecule has 0 aromatic carbocycles. The minimum absolute atomic E-state index is 0.0895. The number of rotatable bonds is 0. The summed E-state index contributed by atoms with van der Waals surface area (Å²) in [6.45, 7) is 2.03. The van der Waals surface area contributed by atoms with Crippen LogP contribution in [0, 0.1) is 11.8 Å². The predicted molar refractivity (Wildman–Crippen MR) is 76.6 cm³/mol. The Bertz CT molecular complexity index is 362. The normalized spacial score (nSPS) is 40.2. The molecule has 2 N–H and O–H groups in total. The number of fused-ring (bicyclic) bond motifs is 1. The maximum absolute atomic E-state index is 11.7. The first-order valence-electron chi connectivity index (χ1n) is 7.50. The highest BCUT2D eigenvalue weighted by molar-refractivity contribution is 5.87. The van der Waals surface area contributed by atoms with Crippen molar-refractivity contribution in [2.75, 3.05) is 0 Å². The van der Waals surface area contributed by atoms with Crippen LogP contribution in [-0.4, -0.2) is 23.2 Å². The molecule has 0 radical (unpaired) electrons. The summed E-state index contributed by atoms with van der Waals surface area (Å²) in [4.78, 5) is 11.7. The fraction of sp³-hybridized carbons (Fsp3) is 0.688. The SMILES string of the molecule is C[C@H]1CCC/C=C/[C@@H]2CCC[C@H]2[C@H](O)/C=C/C(=O)N1. The second-order valence-corrected chi connectivity index (χ2v) is 5.88. The van der Waals surface area contributed by atoms with Gasteiger partial charge in [-0.15, -0.1) is 0 Å². The minimum atomic E-state index is -0.501. The molecule has 0 aromatic rings. The van der Waals surface area contributed by atoms with Gasteiger partial charge >= 0.3 is 0 Å². The third kappa shape index (κ3) is 4.20. The lowest BCUT2D eigenvalue weighted by Gasteiger charge is -2.20. The van der Waals surface area contributed by atoms with Gasteiger partial charge in [0.1, 0.15) is 0 Å². The van der Waals surface area contributed by atoms with Gasteiger partial charge in [-0.1, -0.05) is 24.6 Å². The Balaban J connectivity index is 2.08. The number of hydrogen-bond acceptors (Lipinski definition) is 2. The van der Waals surface area contributed by atoms with Crippen molar-refractivity contribution in [2.24, 2.45) is 11.8 Å². The molecule has 3 nitrogen and oxygen atoms in total. The summed E-state index contributed by atoms with van der Waals surface area (Å²) < 4.78 is 0. The molecular weight excluding hydrogens is 238 g/mol. The highest BCUT2D eigenvalue weighted by Crippen LogP contribution is 2.35. The summed E-state index contributed by atoms with van der Waals surface area (Å²) in [5.74, 6) is 0.660. The lowest BCUT2D eigenvalue weighted by atomic mass is 9.90. The van der Waals surface area contributed by atoms with Gasteiger partial charge < -0.3 is 10.4 Å². The van der Waals surface area contributed by atoms with Gasteiger partial charge in [0.25, 0.3) is 0 Å². The number of carbonyl (C=O) groups excluding carboxylic acids is 1. The van der Waals surface area contributed by atoms with E-state index >= 15 is 0 Å². The van der Waals surface area contributed by atoms with Crippen LogP contribution in [0.25, 0.3) is 0 Å². The Morgan fingerprint density at radius 3 is 2.89 bits per heavy atom. The third-order valence-electron chi connectivity index (χ3n) is 4.29. The summed E-state index contributed by atoms with van der Waals surface area (Å²) in [6.07, 6.45) is 13.8. The van der Waals surface area contributed by atoms with Crippen LogP contribution in [0.4, 0.5) is 0 Å². The Kier molecular flexibility index (Phi) is 5.20. The van der Waals surface area contributed by atoms with Crippen molar-refractivity contribution >= 4 is 5.91 Å². The number of aliphatic hydroxyl groups excluding tert-OH is 1. The van der Waals surface area contributed by atoms with E-state index in [-0.39, 0.29) is 17.9 Å². The minimum Gasteiger partial charge on any atom is -0.389 e. The average molecular weight is 263 g/mol. The Labute approximate surface area is 115 Å². The van der Waals surface area contributed by atoms with Gasteiger partial charge in [0.15, 0.2) is 0 Å². The van der Waals surface area contributed by atoms with Gasteiger partial charge in [-0.05, 0) is 50.9 Å². The zero-order valence-electron chi connectivity index (χ0n) is 11.7. The molecule has 2 rings (SSSR count). The molecule has 0 unspecified atom stereocenters. The molecule has 19 heavy (non-hydrogen) atoms. The Morgan fingerprint density at radius 2 is 2.05 bits per heavy atom. The highest BCUT2D eigenvalue weighted by atomic mass is 16.3. The smallest absolute Gasteiger partial charge is 0.243 e. The van der Waals surface area contributed by atoms with Crippen LogP contribution in [0.1, 0.15) is 45.4 Å². The van der Waals surface area contributed by atoms with Crippen molar-refractivity contribution in [3.63, 3.8) is 0 Å². The van der Waals surface area contributed by atoms with Crippen molar-refractivity contribution in [3.05, 3.63) is 24.3 Å². The maximum atomic E-state index is 11.7. The van der Waals surface area contributed by atoms with E-state index in [0.29, 0.717) is 5.92 Å². The molecule has 0 saturated heterocycles. The summed E-state index contributed by atoms with van der Waals surface area (Å²) >= 11 is 0. The monoisotopic (exact) mass is 263 g/mol. The van der Waals surface area contributed by atoms with Gasteiger partial charge in [0.05, 0.1) is 6.10 Å². The van der Waals surface area contributed by atoms with E-state index in [0.717, 1.165) is 32.1 Å². The second-order valence-electron chi connectivity index (χ2n) is 5.88. The first-order chi connectivity index (χ1) is 9.16. The molecule has 4 atom stereocenters. The third-order valence-corrected chi connectivity index (χ3v) is 4.29. The van der Waals surface area contributed by atoms with Gasteiger partial charge in [0, 0.05) is 12.1 Å². The average Bonchev–Trinajstić information content (AvgIpc) is 2.83. The van der Waals surface area contributed by atoms with Crippen molar-refractivity contribution < 1.29 is 9.90 Å². The summed E-state index contributed by atoms with van der Waals surface area (Å²) in [6, 6.07) is 0.197. The molecule has 1 heterocycles. The van der Waals surface area contributed by atoms with Crippen molar-refractivity contribution in [3.8, 4) is 0 Å². The van der Waals surface area contributed by atoms with Crippen LogP contribution < -0.4 is 5.32 Å². The van der Waals surface area contributed by atoms with Crippen LogP contribution in [0.3, 0.4) is 0 Å². The number of amides is 1. The van der Waals surface area contributed by atoms with Gasteiger partial charge in [-0.2, -0.15) is 0 Å². The summed E-state index contributed by atoms with van der Waals surface area (Å²) in [7, 11) is 0. The molecule has 1 saturated carbocycles. The lowest BCUT2D eigenvalue weighted by Crippen LogP contribution is -2.31. The molecule has 3 heteroatoms. The molecule has 106 valence electrons. The van der Waals surface area contributed by atoms with Crippen LogP contribution in [0.5, 0.6) is 0 Å². The predicted octanol–water partition coefficient (Wildman–Crippen LogP) is 2.56. The van der Waals surface area contributed by atoms with E-state index in [4.69, 9.17) is 0 Å². The number of allylic oxidation sites excluding steroid dienone is 2. The lowest BCUT2D eigenvalue weighted by molar-refractivity contribution is -0.117.